The first-order chi connectivity index (χ1) is 17.0. The summed E-state index contributed by atoms with van der Waals surface area (Å²) in [4.78, 5) is 40.5. The van der Waals surface area contributed by atoms with Gasteiger partial charge in [0, 0.05) is 17.3 Å². The summed E-state index contributed by atoms with van der Waals surface area (Å²) < 4.78 is 5.19. The lowest BCUT2D eigenvalue weighted by molar-refractivity contribution is -0.131. The smallest absolute Gasteiger partial charge is 0.269 e. The third kappa shape index (κ3) is 5.64. The van der Waals surface area contributed by atoms with Crippen LogP contribution < -0.4 is 15.5 Å². The van der Waals surface area contributed by atoms with Crippen LogP contribution in [0.15, 0.2) is 84.9 Å². The molecule has 0 aromatic heterocycles. The van der Waals surface area contributed by atoms with Gasteiger partial charge in [-0.05, 0) is 42.0 Å². The first kappa shape index (κ1) is 23.9. The van der Waals surface area contributed by atoms with Gasteiger partial charge in [-0.2, -0.15) is 0 Å². The summed E-state index contributed by atoms with van der Waals surface area (Å²) in [7, 11) is 1.54. The molecule has 35 heavy (non-hydrogen) atoms. The van der Waals surface area contributed by atoms with Crippen LogP contribution in [-0.2, 0) is 16.1 Å². The van der Waals surface area contributed by atoms with E-state index in [-0.39, 0.29) is 24.0 Å². The van der Waals surface area contributed by atoms with Crippen LogP contribution >= 0.6 is 12.2 Å². The molecule has 9 heteroatoms. The molecule has 1 heterocycles. The van der Waals surface area contributed by atoms with Crippen LogP contribution in [0.5, 0.6) is 5.75 Å². The topological polar surface area (TPSA) is 91.0 Å². The molecule has 1 atom stereocenters. The molecular weight excluding hydrogens is 464 g/mol. The van der Waals surface area contributed by atoms with E-state index in [0.717, 1.165) is 5.56 Å². The van der Waals surface area contributed by atoms with E-state index in [1.54, 1.807) is 54.6 Å². The minimum absolute atomic E-state index is 0.127. The Morgan fingerprint density at radius 3 is 2.34 bits per heavy atom. The Labute approximate surface area is 208 Å². The first-order valence-corrected chi connectivity index (χ1v) is 11.4. The van der Waals surface area contributed by atoms with Gasteiger partial charge in [0.2, 0.25) is 5.91 Å². The molecule has 0 aliphatic carbocycles. The molecule has 2 N–H and O–H groups in total. The Kier molecular flexibility index (Phi) is 7.37. The molecule has 4 rings (SSSR count). The van der Waals surface area contributed by atoms with Crippen molar-refractivity contribution < 1.29 is 19.1 Å². The maximum Gasteiger partial charge on any atom is 0.269 e. The molecule has 0 saturated carbocycles. The zero-order valence-electron chi connectivity index (χ0n) is 19.0. The molecule has 0 bridgehead atoms. The lowest BCUT2D eigenvalue weighted by Gasteiger charge is -2.24. The van der Waals surface area contributed by atoms with E-state index in [0.29, 0.717) is 17.0 Å². The van der Waals surface area contributed by atoms with Gasteiger partial charge in [-0.1, -0.05) is 54.6 Å². The monoisotopic (exact) mass is 488 g/mol. The zero-order valence-corrected chi connectivity index (χ0v) is 19.8. The van der Waals surface area contributed by atoms with Gasteiger partial charge >= 0.3 is 0 Å². The van der Waals surface area contributed by atoms with Gasteiger partial charge < -0.3 is 10.1 Å². The molecule has 0 spiro atoms. The highest BCUT2D eigenvalue weighted by molar-refractivity contribution is 7.80. The van der Waals surface area contributed by atoms with Crippen molar-refractivity contribution >= 4 is 40.7 Å². The van der Waals surface area contributed by atoms with E-state index in [9.17, 15) is 14.4 Å². The van der Waals surface area contributed by atoms with Gasteiger partial charge in [0.25, 0.3) is 11.8 Å². The van der Waals surface area contributed by atoms with E-state index in [1.165, 1.54) is 17.0 Å². The number of hydrogen-bond donors (Lipinski definition) is 2. The Hall–Kier alpha value is -4.24. The van der Waals surface area contributed by atoms with E-state index in [1.807, 2.05) is 30.3 Å². The first-order valence-electron chi connectivity index (χ1n) is 10.9. The molecule has 178 valence electrons. The Balaban J connectivity index is 1.55. The lowest BCUT2D eigenvalue weighted by atomic mass is 10.1. The summed E-state index contributed by atoms with van der Waals surface area (Å²) in [5, 5.41) is 4.21. The molecular formula is C26H24N4O4S. The van der Waals surface area contributed by atoms with E-state index in [4.69, 9.17) is 17.0 Å². The molecule has 0 radical (unpaired) electrons. The second kappa shape index (κ2) is 10.8. The Morgan fingerprint density at radius 2 is 1.66 bits per heavy atom. The summed E-state index contributed by atoms with van der Waals surface area (Å²) in [6.07, 6.45) is -0.212. The molecule has 1 fully saturated rings. The normalized spacial score (nSPS) is 15.2. The van der Waals surface area contributed by atoms with Crippen LogP contribution in [0.2, 0.25) is 0 Å². The number of amides is 3. The van der Waals surface area contributed by atoms with Crippen molar-refractivity contribution in [2.45, 2.75) is 19.0 Å². The molecule has 1 aliphatic heterocycles. The number of anilines is 1. The SMILES string of the molecule is COc1cccc(NC(=O)C[C@@H]2C(=O)N(Cc3ccccc3)C(=S)N2NC(=O)c2ccccc2)c1. The second-order valence-corrected chi connectivity index (χ2v) is 8.23. The maximum absolute atomic E-state index is 13.4. The molecule has 3 amide bonds. The maximum atomic E-state index is 13.4. The third-order valence-electron chi connectivity index (χ3n) is 5.47. The standard InChI is InChI=1S/C26H24N4O4S/c1-34-21-14-8-13-20(15-21)27-23(31)16-22-25(33)29(17-18-9-4-2-5-10-18)26(35)30(22)28-24(32)19-11-6-3-7-12-19/h2-15,22H,16-17H2,1H3,(H,27,31)(H,28,32)/t22-/m1/s1. The minimum Gasteiger partial charge on any atom is -0.497 e. The average molecular weight is 489 g/mol. The van der Waals surface area contributed by atoms with Crippen LogP contribution in [0.1, 0.15) is 22.3 Å². The molecule has 3 aromatic carbocycles. The quantitative estimate of drug-likeness (QED) is 0.473. The molecule has 1 aliphatic rings. The number of hydrogen-bond acceptors (Lipinski definition) is 5. The van der Waals surface area contributed by atoms with Crippen LogP contribution in [0.3, 0.4) is 0 Å². The third-order valence-corrected chi connectivity index (χ3v) is 5.89. The van der Waals surface area contributed by atoms with E-state index >= 15 is 0 Å². The number of hydrazine groups is 1. The highest BCUT2D eigenvalue weighted by Crippen LogP contribution is 2.23. The number of benzene rings is 3. The van der Waals surface area contributed by atoms with Crippen LogP contribution in [0.25, 0.3) is 0 Å². The van der Waals surface area contributed by atoms with Crippen molar-refractivity contribution in [3.8, 4) is 5.75 Å². The fraction of sp³-hybridized carbons (Fsp3) is 0.154. The molecule has 3 aromatic rings. The van der Waals surface area contributed by atoms with Crippen molar-refractivity contribution in [2.75, 3.05) is 12.4 Å². The number of nitrogens with one attached hydrogen (secondary N) is 2. The van der Waals surface area contributed by atoms with Gasteiger partial charge in [0.15, 0.2) is 5.11 Å². The van der Waals surface area contributed by atoms with Gasteiger partial charge in [0.1, 0.15) is 11.8 Å². The van der Waals surface area contributed by atoms with Gasteiger partial charge in [-0.15, -0.1) is 0 Å². The number of carbonyl (C=O) groups excluding carboxylic acids is 3. The van der Waals surface area contributed by atoms with Crippen molar-refractivity contribution in [3.05, 3.63) is 96.1 Å². The fourth-order valence-corrected chi connectivity index (χ4v) is 4.04. The van der Waals surface area contributed by atoms with Crippen molar-refractivity contribution in [1.82, 2.24) is 15.3 Å². The number of carbonyl (C=O) groups is 3. The van der Waals surface area contributed by atoms with Crippen LogP contribution in [-0.4, -0.2) is 45.9 Å². The molecule has 0 unspecified atom stereocenters. The lowest BCUT2D eigenvalue weighted by Crippen LogP contribution is -2.49. The predicted octanol–water partition coefficient (Wildman–Crippen LogP) is 3.37. The van der Waals surface area contributed by atoms with E-state index in [2.05, 4.69) is 10.7 Å². The summed E-state index contributed by atoms with van der Waals surface area (Å²) in [5.74, 6) is -0.611. The van der Waals surface area contributed by atoms with E-state index < -0.39 is 17.9 Å². The number of methoxy groups -OCH3 is 1. The summed E-state index contributed by atoms with van der Waals surface area (Å²) >= 11 is 5.57. The fourth-order valence-electron chi connectivity index (χ4n) is 3.72. The summed E-state index contributed by atoms with van der Waals surface area (Å²) in [6, 6.07) is 23.9. The zero-order chi connectivity index (χ0) is 24.8. The predicted molar refractivity (Wildman–Crippen MR) is 135 cm³/mol. The minimum atomic E-state index is -0.996. The van der Waals surface area contributed by atoms with Crippen molar-refractivity contribution in [3.63, 3.8) is 0 Å². The Bertz CT molecular complexity index is 1240. The van der Waals surface area contributed by atoms with Crippen molar-refractivity contribution in [1.29, 1.82) is 0 Å². The van der Waals surface area contributed by atoms with Crippen LogP contribution in [0.4, 0.5) is 5.69 Å². The summed E-state index contributed by atoms with van der Waals surface area (Å²) in [6.45, 7) is 0.226. The number of ether oxygens (including phenoxy) is 1. The van der Waals surface area contributed by atoms with Gasteiger partial charge in [0.05, 0.1) is 20.1 Å². The number of thiocarbonyl (C=S) groups is 1. The van der Waals surface area contributed by atoms with Gasteiger partial charge in [-0.3, -0.25) is 24.7 Å². The highest BCUT2D eigenvalue weighted by Gasteiger charge is 2.44. The van der Waals surface area contributed by atoms with Crippen molar-refractivity contribution in [2.24, 2.45) is 0 Å². The second-order valence-electron chi connectivity index (χ2n) is 7.87. The average Bonchev–Trinajstić information content (AvgIpc) is 3.09. The number of nitrogens with zero attached hydrogens (tertiary/aromatic N) is 2. The molecule has 1 saturated heterocycles. The Morgan fingerprint density at radius 1 is 0.971 bits per heavy atom. The van der Waals surface area contributed by atoms with Gasteiger partial charge in [-0.25, -0.2) is 5.01 Å². The summed E-state index contributed by atoms with van der Waals surface area (Å²) in [5.41, 5.74) is 4.53. The highest BCUT2D eigenvalue weighted by atomic mass is 32.1. The van der Waals surface area contributed by atoms with Crippen LogP contribution in [0, 0.1) is 0 Å². The largest absolute Gasteiger partial charge is 0.497 e. The number of rotatable bonds is 8. The molecule has 8 nitrogen and oxygen atoms in total.